The normalized spacial score (nSPS) is 12.8. The molecule has 0 bridgehead atoms. The molecule has 0 saturated carbocycles. The van der Waals surface area contributed by atoms with Crippen molar-refractivity contribution in [3.05, 3.63) is 78.2 Å². The molecular formula is C24H25N5O2. The first-order chi connectivity index (χ1) is 15.3. The van der Waals surface area contributed by atoms with Crippen molar-refractivity contribution in [2.45, 2.75) is 13.0 Å². The van der Waals surface area contributed by atoms with Crippen LogP contribution in [0.1, 0.15) is 11.1 Å². The first-order valence-corrected chi connectivity index (χ1v) is 10.5. The van der Waals surface area contributed by atoms with E-state index in [2.05, 4.69) is 40.0 Å². The van der Waals surface area contributed by atoms with Gasteiger partial charge in [-0.15, -0.1) is 0 Å². The Kier molecular flexibility index (Phi) is 5.41. The summed E-state index contributed by atoms with van der Waals surface area (Å²) in [5.74, 6) is 1.57. The molecule has 0 radical (unpaired) electrons. The fourth-order valence-electron chi connectivity index (χ4n) is 3.77. The second-order valence-corrected chi connectivity index (χ2v) is 7.59. The number of ether oxygens (including phenoxy) is 2. The number of nitrogens with zero attached hydrogens (tertiary/aromatic N) is 4. The van der Waals surface area contributed by atoms with Crippen LogP contribution in [0, 0.1) is 0 Å². The van der Waals surface area contributed by atoms with E-state index in [-0.39, 0.29) is 0 Å². The summed E-state index contributed by atoms with van der Waals surface area (Å²) in [5.41, 5.74) is 5.42. The summed E-state index contributed by atoms with van der Waals surface area (Å²) in [6, 6.07) is 16.2. The fourth-order valence-corrected chi connectivity index (χ4v) is 3.77. The maximum absolute atomic E-state index is 5.73. The minimum atomic E-state index is 0.577. The van der Waals surface area contributed by atoms with E-state index in [9.17, 15) is 0 Å². The molecule has 4 aromatic rings. The topological polar surface area (TPSA) is 66.1 Å². The molecule has 0 spiro atoms. The molecule has 7 heteroatoms. The Morgan fingerprint density at radius 2 is 1.84 bits per heavy atom. The number of aryl methyl sites for hydroxylation is 1. The summed E-state index contributed by atoms with van der Waals surface area (Å²) in [4.78, 5) is 0. The molecule has 3 heterocycles. The van der Waals surface area contributed by atoms with Gasteiger partial charge in [0.2, 0.25) is 0 Å². The average molecular weight is 415 g/mol. The molecule has 2 aromatic carbocycles. The summed E-state index contributed by atoms with van der Waals surface area (Å²) in [6.45, 7) is 2.77. The zero-order chi connectivity index (χ0) is 21.0. The van der Waals surface area contributed by atoms with E-state index in [4.69, 9.17) is 9.47 Å². The van der Waals surface area contributed by atoms with Gasteiger partial charge in [-0.3, -0.25) is 4.68 Å². The Balaban J connectivity index is 1.22. The van der Waals surface area contributed by atoms with Gasteiger partial charge < -0.3 is 14.8 Å². The van der Waals surface area contributed by atoms with Crippen LogP contribution in [-0.2, 0) is 20.0 Å². The van der Waals surface area contributed by atoms with Crippen LogP contribution >= 0.6 is 0 Å². The summed E-state index contributed by atoms with van der Waals surface area (Å²) in [6.07, 6.45) is 6.99. The van der Waals surface area contributed by atoms with E-state index in [0.29, 0.717) is 13.2 Å². The Morgan fingerprint density at radius 1 is 1.00 bits per heavy atom. The number of rotatable bonds is 7. The lowest BCUT2D eigenvalue weighted by molar-refractivity contribution is 0.171. The molecule has 5 rings (SSSR count). The number of fused-ring (bicyclic) bond motifs is 1. The molecule has 158 valence electrons. The highest BCUT2D eigenvalue weighted by atomic mass is 16.6. The SMILES string of the molecule is Cn1cc(CNCCc2cnn(-c3ccccc3)c2)c(-c2ccc3c(c2)OCCO3)n1. The molecule has 2 aromatic heterocycles. The fraction of sp³-hybridized carbons (Fsp3) is 0.250. The standard InChI is InChI=1S/C24H25N5O2/c1-28-17-20(24(27-28)19-7-8-22-23(13-19)31-12-11-30-22)15-25-10-9-18-14-26-29(16-18)21-5-3-2-4-6-21/h2-8,13-14,16-17,25H,9-12,15H2,1H3. The molecule has 0 aliphatic carbocycles. The van der Waals surface area contributed by atoms with Crippen molar-refractivity contribution in [3.8, 4) is 28.4 Å². The quantitative estimate of drug-likeness (QED) is 0.469. The maximum Gasteiger partial charge on any atom is 0.162 e. The van der Waals surface area contributed by atoms with Crippen molar-refractivity contribution in [2.75, 3.05) is 19.8 Å². The van der Waals surface area contributed by atoms with Gasteiger partial charge in [-0.2, -0.15) is 10.2 Å². The number of hydrogen-bond acceptors (Lipinski definition) is 5. The number of hydrogen-bond donors (Lipinski definition) is 1. The highest BCUT2D eigenvalue weighted by molar-refractivity contribution is 5.66. The van der Waals surface area contributed by atoms with Crippen molar-refractivity contribution in [1.29, 1.82) is 0 Å². The molecule has 0 fully saturated rings. The zero-order valence-electron chi connectivity index (χ0n) is 17.5. The van der Waals surface area contributed by atoms with E-state index in [0.717, 1.165) is 53.5 Å². The van der Waals surface area contributed by atoms with Crippen LogP contribution in [0.3, 0.4) is 0 Å². The molecule has 1 aliphatic rings. The zero-order valence-corrected chi connectivity index (χ0v) is 17.5. The van der Waals surface area contributed by atoms with E-state index in [1.54, 1.807) is 0 Å². The lowest BCUT2D eigenvalue weighted by atomic mass is 10.1. The summed E-state index contributed by atoms with van der Waals surface area (Å²) in [5, 5.41) is 12.7. The van der Waals surface area contributed by atoms with Gasteiger partial charge in [0.1, 0.15) is 13.2 Å². The predicted octanol–water partition coefficient (Wildman–Crippen LogP) is 3.38. The Morgan fingerprint density at radius 3 is 2.71 bits per heavy atom. The van der Waals surface area contributed by atoms with Gasteiger partial charge in [-0.1, -0.05) is 18.2 Å². The Hall–Kier alpha value is -3.58. The highest BCUT2D eigenvalue weighted by Gasteiger charge is 2.16. The van der Waals surface area contributed by atoms with Gasteiger partial charge in [-0.25, -0.2) is 4.68 Å². The van der Waals surface area contributed by atoms with Gasteiger partial charge in [-0.05, 0) is 48.9 Å². The molecule has 7 nitrogen and oxygen atoms in total. The third-order valence-corrected chi connectivity index (χ3v) is 5.28. The summed E-state index contributed by atoms with van der Waals surface area (Å²) >= 11 is 0. The second kappa shape index (κ2) is 8.65. The van der Waals surface area contributed by atoms with E-state index in [1.165, 1.54) is 5.56 Å². The Bertz CT molecular complexity index is 1170. The van der Waals surface area contributed by atoms with Gasteiger partial charge in [0, 0.05) is 37.1 Å². The molecule has 0 atom stereocenters. The molecule has 1 aliphatic heterocycles. The molecular weight excluding hydrogens is 390 g/mol. The summed E-state index contributed by atoms with van der Waals surface area (Å²) in [7, 11) is 1.95. The number of nitrogens with one attached hydrogen (secondary N) is 1. The van der Waals surface area contributed by atoms with Gasteiger partial charge in [0.25, 0.3) is 0 Å². The van der Waals surface area contributed by atoms with Crippen molar-refractivity contribution in [1.82, 2.24) is 24.9 Å². The predicted molar refractivity (Wildman–Crippen MR) is 119 cm³/mol. The van der Waals surface area contributed by atoms with Crippen LogP contribution in [0.4, 0.5) is 0 Å². The lowest BCUT2D eigenvalue weighted by Gasteiger charge is -2.18. The lowest BCUT2D eigenvalue weighted by Crippen LogP contribution is -2.17. The van der Waals surface area contributed by atoms with Crippen LogP contribution in [0.5, 0.6) is 11.5 Å². The van der Waals surface area contributed by atoms with Crippen LogP contribution in [0.25, 0.3) is 16.9 Å². The second-order valence-electron chi connectivity index (χ2n) is 7.59. The van der Waals surface area contributed by atoms with Crippen molar-refractivity contribution < 1.29 is 9.47 Å². The monoisotopic (exact) mass is 415 g/mol. The maximum atomic E-state index is 5.73. The van der Waals surface area contributed by atoms with E-state index in [1.807, 2.05) is 59.0 Å². The third kappa shape index (κ3) is 4.32. The molecule has 0 unspecified atom stereocenters. The van der Waals surface area contributed by atoms with Gasteiger partial charge in [0.15, 0.2) is 11.5 Å². The van der Waals surface area contributed by atoms with Crippen LogP contribution in [-0.4, -0.2) is 39.3 Å². The number of para-hydroxylation sites is 1. The van der Waals surface area contributed by atoms with Crippen LogP contribution < -0.4 is 14.8 Å². The van der Waals surface area contributed by atoms with Crippen molar-refractivity contribution in [2.24, 2.45) is 7.05 Å². The largest absolute Gasteiger partial charge is 0.486 e. The van der Waals surface area contributed by atoms with Gasteiger partial charge in [0.05, 0.1) is 17.6 Å². The van der Waals surface area contributed by atoms with Gasteiger partial charge >= 0.3 is 0 Å². The average Bonchev–Trinajstić information content (AvgIpc) is 3.43. The number of aromatic nitrogens is 4. The smallest absolute Gasteiger partial charge is 0.162 e. The third-order valence-electron chi connectivity index (χ3n) is 5.28. The Labute approximate surface area is 181 Å². The van der Waals surface area contributed by atoms with E-state index >= 15 is 0 Å². The first-order valence-electron chi connectivity index (χ1n) is 10.5. The highest BCUT2D eigenvalue weighted by Crippen LogP contribution is 2.35. The molecule has 31 heavy (non-hydrogen) atoms. The molecule has 1 N–H and O–H groups in total. The number of benzene rings is 2. The minimum Gasteiger partial charge on any atom is -0.486 e. The molecule has 0 saturated heterocycles. The van der Waals surface area contributed by atoms with Crippen LogP contribution in [0.2, 0.25) is 0 Å². The summed E-state index contributed by atoms with van der Waals surface area (Å²) < 4.78 is 15.1. The minimum absolute atomic E-state index is 0.577. The van der Waals surface area contributed by atoms with Crippen molar-refractivity contribution in [3.63, 3.8) is 0 Å². The van der Waals surface area contributed by atoms with Crippen LogP contribution in [0.15, 0.2) is 67.1 Å². The first kappa shape index (κ1) is 19.4. The molecule has 0 amide bonds. The van der Waals surface area contributed by atoms with E-state index < -0.39 is 0 Å². The van der Waals surface area contributed by atoms with Crippen molar-refractivity contribution >= 4 is 0 Å².